The topological polar surface area (TPSA) is 44.8 Å². The standard InChI is InChI=1S/C12H23N3O2/c1-3-11-8-15(6-5-14(11)2)12(16)13-10-4-7-17-9-10/h10-11H,3-9H2,1-2H3,(H,13,16). The maximum absolute atomic E-state index is 12.1. The molecule has 2 aliphatic heterocycles. The summed E-state index contributed by atoms with van der Waals surface area (Å²) in [5.41, 5.74) is 0. The van der Waals surface area contributed by atoms with E-state index in [1.165, 1.54) is 0 Å². The van der Waals surface area contributed by atoms with E-state index in [1.54, 1.807) is 0 Å². The van der Waals surface area contributed by atoms with Crippen molar-refractivity contribution >= 4 is 6.03 Å². The molecular weight excluding hydrogens is 218 g/mol. The molecule has 2 aliphatic rings. The summed E-state index contributed by atoms with van der Waals surface area (Å²) in [4.78, 5) is 16.3. The van der Waals surface area contributed by atoms with Gasteiger partial charge in [0, 0.05) is 32.3 Å². The smallest absolute Gasteiger partial charge is 0.317 e. The van der Waals surface area contributed by atoms with Crippen LogP contribution < -0.4 is 5.32 Å². The normalized spacial score (nSPS) is 30.6. The van der Waals surface area contributed by atoms with Crippen LogP contribution in [0.1, 0.15) is 19.8 Å². The summed E-state index contributed by atoms with van der Waals surface area (Å²) in [6, 6.07) is 0.781. The highest BCUT2D eigenvalue weighted by molar-refractivity contribution is 5.74. The zero-order valence-electron chi connectivity index (χ0n) is 10.8. The van der Waals surface area contributed by atoms with Gasteiger partial charge in [-0.15, -0.1) is 0 Å². The molecule has 5 heteroatoms. The molecule has 0 aromatic heterocycles. The van der Waals surface area contributed by atoms with Gasteiger partial charge in [0.15, 0.2) is 0 Å². The Balaban J connectivity index is 1.82. The number of carbonyl (C=O) groups is 1. The predicted molar refractivity (Wildman–Crippen MR) is 66.0 cm³/mol. The van der Waals surface area contributed by atoms with Crippen LogP contribution in [0, 0.1) is 0 Å². The van der Waals surface area contributed by atoms with Crippen molar-refractivity contribution in [3.63, 3.8) is 0 Å². The lowest BCUT2D eigenvalue weighted by atomic mass is 10.1. The van der Waals surface area contributed by atoms with Gasteiger partial charge < -0.3 is 15.0 Å². The van der Waals surface area contributed by atoms with E-state index in [0.29, 0.717) is 12.6 Å². The second-order valence-electron chi connectivity index (χ2n) is 5.00. The van der Waals surface area contributed by atoms with Gasteiger partial charge in [-0.2, -0.15) is 0 Å². The largest absolute Gasteiger partial charge is 0.379 e. The van der Waals surface area contributed by atoms with Crippen LogP contribution in [0.15, 0.2) is 0 Å². The van der Waals surface area contributed by atoms with Gasteiger partial charge in [0.2, 0.25) is 0 Å². The van der Waals surface area contributed by atoms with Gasteiger partial charge in [0.05, 0.1) is 12.6 Å². The van der Waals surface area contributed by atoms with E-state index < -0.39 is 0 Å². The molecule has 0 radical (unpaired) electrons. The third-order valence-electron chi connectivity index (χ3n) is 3.79. The van der Waals surface area contributed by atoms with Gasteiger partial charge in [-0.25, -0.2) is 4.79 Å². The highest BCUT2D eigenvalue weighted by atomic mass is 16.5. The molecule has 2 heterocycles. The van der Waals surface area contributed by atoms with E-state index in [-0.39, 0.29) is 12.1 Å². The Morgan fingerprint density at radius 1 is 1.47 bits per heavy atom. The number of amides is 2. The van der Waals surface area contributed by atoms with Crippen LogP contribution in [0.4, 0.5) is 4.79 Å². The number of hydrogen-bond donors (Lipinski definition) is 1. The molecule has 17 heavy (non-hydrogen) atoms. The maximum atomic E-state index is 12.1. The third-order valence-corrected chi connectivity index (χ3v) is 3.79. The fourth-order valence-electron chi connectivity index (χ4n) is 2.49. The van der Waals surface area contributed by atoms with E-state index >= 15 is 0 Å². The lowest BCUT2D eigenvalue weighted by Crippen LogP contribution is -2.56. The van der Waals surface area contributed by atoms with Gasteiger partial charge in [-0.05, 0) is 19.9 Å². The summed E-state index contributed by atoms with van der Waals surface area (Å²) in [5.74, 6) is 0. The Kier molecular flexibility index (Phi) is 4.23. The molecule has 2 atom stereocenters. The molecule has 0 aromatic carbocycles. The number of carbonyl (C=O) groups excluding carboxylic acids is 1. The summed E-state index contributed by atoms with van der Waals surface area (Å²) < 4.78 is 5.26. The number of nitrogens with one attached hydrogen (secondary N) is 1. The molecular formula is C12H23N3O2. The molecule has 5 nitrogen and oxygen atoms in total. The first-order chi connectivity index (χ1) is 8.20. The van der Waals surface area contributed by atoms with Crippen LogP contribution in [-0.4, -0.2) is 67.8 Å². The van der Waals surface area contributed by atoms with Crippen LogP contribution in [0.5, 0.6) is 0 Å². The quantitative estimate of drug-likeness (QED) is 0.766. The first-order valence-corrected chi connectivity index (χ1v) is 6.54. The van der Waals surface area contributed by atoms with Crippen molar-refractivity contribution < 1.29 is 9.53 Å². The summed E-state index contributed by atoms with van der Waals surface area (Å²) in [5, 5.41) is 3.05. The van der Waals surface area contributed by atoms with Gasteiger partial charge >= 0.3 is 6.03 Å². The van der Waals surface area contributed by atoms with Crippen molar-refractivity contribution in [2.75, 3.05) is 39.9 Å². The SMILES string of the molecule is CCC1CN(C(=O)NC2CCOC2)CCN1C. The average molecular weight is 241 g/mol. The maximum Gasteiger partial charge on any atom is 0.317 e. The van der Waals surface area contributed by atoms with Crippen LogP contribution in [0.3, 0.4) is 0 Å². The lowest BCUT2D eigenvalue weighted by Gasteiger charge is -2.39. The number of likely N-dealkylation sites (N-methyl/N-ethyl adjacent to an activating group) is 1. The Bertz CT molecular complexity index is 266. The summed E-state index contributed by atoms with van der Waals surface area (Å²) in [6.07, 6.45) is 2.03. The van der Waals surface area contributed by atoms with Gasteiger partial charge in [0.1, 0.15) is 0 Å². The molecule has 98 valence electrons. The van der Waals surface area contributed by atoms with Crippen molar-refractivity contribution in [1.29, 1.82) is 0 Å². The van der Waals surface area contributed by atoms with Gasteiger partial charge in [-0.1, -0.05) is 6.92 Å². The molecule has 2 amide bonds. The first kappa shape index (κ1) is 12.6. The Morgan fingerprint density at radius 3 is 2.94 bits per heavy atom. The van der Waals surface area contributed by atoms with Crippen LogP contribution in [0.25, 0.3) is 0 Å². The number of urea groups is 1. The van der Waals surface area contributed by atoms with E-state index in [0.717, 1.165) is 39.1 Å². The number of nitrogens with zero attached hydrogens (tertiary/aromatic N) is 2. The van der Waals surface area contributed by atoms with Crippen LogP contribution in [-0.2, 0) is 4.74 Å². The monoisotopic (exact) mass is 241 g/mol. The van der Waals surface area contributed by atoms with Crippen LogP contribution in [0.2, 0.25) is 0 Å². The number of hydrogen-bond acceptors (Lipinski definition) is 3. The fourth-order valence-corrected chi connectivity index (χ4v) is 2.49. The molecule has 2 saturated heterocycles. The predicted octanol–water partition coefficient (Wildman–Crippen LogP) is 0.511. The zero-order valence-corrected chi connectivity index (χ0v) is 10.8. The first-order valence-electron chi connectivity index (χ1n) is 6.54. The van der Waals surface area contributed by atoms with Gasteiger partial charge in [0.25, 0.3) is 0 Å². The highest BCUT2D eigenvalue weighted by Gasteiger charge is 2.27. The van der Waals surface area contributed by atoms with E-state index in [2.05, 4.69) is 24.2 Å². The number of ether oxygens (including phenoxy) is 1. The summed E-state index contributed by atoms with van der Waals surface area (Å²) in [6.45, 7) is 6.24. The molecule has 2 rings (SSSR count). The fraction of sp³-hybridized carbons (Fsp3) is 0.917. The molecule has 0 aliphatic carbocycles. The van der Waals surface area contributed by atoms with Crippen molar-refractivity contribution in [1.82, 2.24) is 15.1 Å². The molecule has 2 fully saturated rings. The lowest BCUT2D eigenvalue weighted by molar-refractivity contribution is 0.105. The Morgan fingerprint density at radius 2 is 2.29 bits per heavy atom. The molecule has 0 bridgehead atoms. The average Bonchev–Trinajstić information content (AvgIpc) is 2.82. The molecule has 1 N–H and O–H groups in total. The summed E-state index contributed by atoms with van der Waals surface area (Å²) in [7, 11) is 2.13. The number of piperazine rings is 1. The minimum absolute atomic E-state index is 0.0760. The minimum Gasteiger partial charge on any atom is -0.379 e. The van der Waals surface area contributed by atoms with Crippen molar-refractivity contribution in [2.24, 2.45) is 0 Å². The second kappa shape index (κ2) is 5.69. The number of rotatable bonds is 2. The van der Waals surface area contributed by atoms with Crippen molar-refractivity contribution in [3.8, 4) is 0 Å². The Hall–Kier alpha value is -0.810. The van der Waals surface area contributed by atoms with Gasteiger partial charge in [-0.3, -0.25) is 4.90 Å². The molecule has 0 spiro atoms. The second-order valence-corrected chi connectivity index (χ2v) is 5.00. The van der Waals surface area contributed by atoms with E-state index in [1.807, 2.05) is 4.90 Å². The summed E-state index contributed by atoms with van der Waals surface area (Å²) >= 11 is 0. The van der Waals surface area contributed by atoms with Crippen molar-refractivity contribution in [2.45, 2.75) is 31.8 Å². The molecule has 0 aromatic rings. The third kappa shape index (κ3) is 3.10. The minimum atomic E-state index is 0.0760. The highest BCUT2D eigenvalue weighted by Crippen LogP contribution is 2.11. The zero-order chi connectivity index (χ0) is 12.3. The molecule has 2 unspecified atom stereocenters. The molecule has 0 saturated carbocycles. The van der Waals surface area contributed by atoms with Crippen LogP contribution >= 0.6 is 0 Å². The van der Waals surface area contributed by atoms with E-state index in [9.17, 15) is 4.79 Å². The van der Waals surface area contributed by atoms with E-state index in [4.69, 9.17) is 4.74 Å². The van der Waals surface area contributed by atoms with Crippen molar-refractivity contribution in [3.05, 3.63) is 0 Å². The Labute approximate surface area is 103 Å².